The lowest BCUT2D eigenvalue weighted by molar-refractivity contribution is -0.123. The SMILES string of the molecule is Cc1nn(Cc2ccc(Cl)nc2)cc1C(O)=C1C(=O)CCCC1=O. The number of rotatable bonds is 3. The normalized spacial score (nSPS) is 15.0. The van der Waals surface area contributed by atoms with Gasteiger partial charge in [0.1, 0.15) is 16.5 Å². The van der Waals surface area contributed by atoms with Gasteiger partial charge in [-0.25, -0.2) is 4.98 Å². The Balaban J connectivity index is 1.92. The van der Waals surface area contributed by atoms with Crippen LogP contribution in [0.25, 0.3) is 5.76 Å². The first-order valence-corrected chi connectivity index (χ1v) is 7.98. The number of carbonyl (C=O) groups excluding carboxylic acids is 2. The fourth-order valence-electron chi connectivity index (χ4n) is 2.73. The molecule has 6 nitrogen and oxygen atoms in total. The minimum absolute atomic E-state index is 0.0999. The molecule has 0 aliphatic heterocycles. The van der Waals surface area contributed by atoms with Gasteiger partial charge in [-0.15, -0.1) is 0 Å². The molecule has 24 heavy (non-hydrogen) atoms. The van der Waals surface area contributed by atoms with E-state index in [2.05, 4.69) is 10.1 Å². The number of aryl methyl sites for hydroxylation is 1. The van der Waals surface area contributed by atoms with Gasteiger partial charge in [-0.1, -0.05) is 17.7 Å². The zero-order valence-corrected chi connectivity index (χ0v) is 13.9. The maximum absolute atomic E-state index is 12.0. The van der Waals surface area contributed by atoms with Gasteiger partial charge >= 0.3 is 0 Å². The van der Waals surface area contributed by atoms with Crippen LogP contribution in [0, 0.1) is 6.92 Å². The molecule has 0 unspecified atom stereocenters. The highest BCUT2D eigenvalue weighted by atomic mass is 35.5. The Kier molecular flexibility index (Phi) is 4.49. The van der Waals surface area contributed by atoms with Gasteiger partial charge in [0, 0.05) is 25.2 Å². The summed E-state index contributed by atoms with van der Waals surface area (Å²) < 4.78 is 1.63. The molecular weight excluding hydrogens is 330 g/mol. The monoisotopic (exact) mass is 345 g/mol. The van der Waals surface area contributed by atoms with E-state index in [9.17, 15) is 14.7 Å². The Morgan fingerprint density at radius 1 is 1.29 bits per heavy atom. The van der Waals surface area contributed by atoms with Gasteiger partial charge in [0.05, 0.1) is 17.8 Å². The second-order valence-electron chi connectivity index (χ2n) is 5.74. The number of hydrogen-bond acceptors (Lipinski definition) is 5. The van der Waals surface area contributed by atoms with E-state index in [0.717, 1.165) is 5.56 Å². The van der Waals surface area contributed by atoms with Crippen molar-refractivity contribution in [1.82, 2.24) is 14.8 Å². The summed E-state index contributed by atoms with van der Waals surface area (Å²) in [4.78, 5) is 28.0. The molecule has 7 heteroatoms. The number of pyridine rings is 1. The minimum atomic E-state index is -0.308. The van der Waals surface area contributed by atoms with Crippen molar-refractivity contribution in [3.63, 3.8) is 0 Å². The fraction of sp³-hybridized carbons (Fsp3) is 0.294. The third kappa shape index (κ3) is 3.23. The largest absolute Gasteiger partial charge is 0.506 e. The van der Waals surface area contributed by atoms with Crippen LogP contribution in [0.15, 0.2) is 30.1 Å². The number of aliphatic hydroxyl groups is 1. The van der Waals surface area contributed by atoms with Crippen molar-refractivity contribution in [2.75, 3.05) is 0 Å². The summed E-state index contributed by atoms with van der Waals surface area (Å²) in [6.07, 6.45) is 4.38. The summed E-state index contributed by atoms with van der Waals surface area (Å²) in [6.45, 7) is 2.16. The highest BCUT2D eigenvalue weighted by molar-refractivity contribution is 6.29. The number of halogens is 1. The van der Waals surface area contributed by atoms with Crippen LogP contribution in [-0.4, -0.2) is 31.4 Å². The third-order valence-corrected chi connectivity index (χ3v) is 4.16. The lowest BCUT2D eigenvalue weighted by Gasteiger charge is -2.13. The van der Waals surface area contributed by atoms with Crippen LogP contribution in [0.4, 0.5) is 0 Å². The molecular formula is C17H16ClN3O3. The molecule has 1 aliphatic carbocycles. The molecule has 0 atom stereocenters. The molecule has 1 aliphatic rings. The van der Waals surface area contributed by atoms with Gasteiger partial charge in [0.2, 0.25) is 0 Å². The maximum atomic E-state index is 12.0. The average molecular weight is 346 g/mol. The van der Waals surface area contributed by atoms with E-state index in [4.69, 9.17) is 11.6 Å². The molecule has 1 saturated carbocycles. The zero-order valence-electron chi connectivity index (χ0n) is 13.1. The molecule has 0 aromatic carbocycles. The predicted molar refractivity (Wildman–Crippen MR) is 88.7 cm³/mol. The van der Waals surface area contributed by atoms with Crippen LogP contribution in [0.2, 0.25) is 5.15 Å². The standard InChI is InChI=1S/C17H16ClN3O3/c1-10-12(17(24)16-13(22)3-2-4-14(16)23)9-21(20-10)8-11-5-6-15(18)19-7-11/h5-7,9,24H,2-4,8H2,1H3. The molecule has 2 aromatic rings. The Morgan fingerprint density at radius 3 is 2.62 bits per heavy atom. The summed E-state index contributed by atoms with van der Waals surface area (Å²) in [6, 6.07) is 3.52. The molecule has 3 rings (SSSR count). The molecule has 0 bridgehead atoms. The molecule has 1 fully saturated rings. The van der Waals surface area contributed by atoms with E-state index < -0.39 is 0 Å². The van der Waals surface area contributed by atoms with Gasteiger partial charge < -0.3 is 5.11 Å². The van der Waals surface area contributed by atoms with Crippen molar-refractivity contribution in [2.45, 2.75) is 32.7 Å². The predicted octanol–water partition coefficient (Wildman–Crippen LogP) is 2.88. The number of carbonyl (C=O) groups is 2. The van der Waals surface area contributed by atoms with Crippen LogP contribution in [0.5, 0.6) is 0 Å². The van der Waals surface area contributed by atoms with Crippen LogP contribution >= 0.6 is 11.6 Å². The molecule has 0 radical (unpaired) electrons. The van der Waals surface area contributed by atoms with E-state index in [1.54, 1.807) is 30.1 Å². The van der Waals surface area contributed by atoms with Gasteiger partial charge in [-0.2, -0.15) is 5.10 Å². The Bertz CT molecular complexity index is 819. The smallest absolute Gasteiger partial charge is 0.170 e. The van der Waals surface area contributed by atoms with E-state index in [0.29, 0.717) is 29.4 Å². The summed E-state index contributed by atoms with van der Waals surface area (Å²) in [5, 5.41) is 15.2. The Hall–Kier alpha value is -2.47. The Labute approximate surface area is 143 Å². The molecule has 124 valence electrons. The number of aromatic nitrogens is 3. The van der Waals surface area contributed by atoms with Crippen molar-refractivity contribution in [2.24, 2.45) is 0 Å². The van der Waals surface area contributed by atoms with Crippen molar-refractivity contribution in [3.8, 4) is 0 Å². The average Bonchev–Trinajstić information content (AvgIpc) is 2.90. The maximum Gasteiger partial charge on any atom is 0.170 e. The zero-order chi connectivity index (χ0) is 17.3. The lowest BCUT2D eigenvalue weighted by atomic mass is 9.90. The summed E-state index contributed by atoms with van der Waals surface area (Å²) in [7, 11) is 0. The third-order valence-electron chi connectivity index (χ3n) is 3.94. The van der Waals surface area contributed by atoms with Crippen molar-refractivity contribution < 1.29 is 14.7 Å². The van der Waals surface area contributed by atoms with Gasteiger partial charge in [-0.05, 0) is 25.0 Å². The van der Waals surface area contributed by atoms with Crippen LogP contribution in [0.1, 0.15) is 36.1 Å². The van der Waals surface area contributed by atoms with Crippen molar-refractivity contribution >= 4 is 28.9 Å². The number of Topliss-reactive ketones (excluding diaryl/α,β-unsaturated/α-hetero) is 2. The first-order valence-electron chi connectivity index (χ1n) is 7.60. The molecule has 0 spiro atoms. The van der Waals surface area contributed by atoms with Gasteiger partial charge in [0.25, 0.3) is 0 Å². The van der Waals surface area contributed by atoms with Crippen LogP contribution in [0.3, 0.4) is 0 Å². The summed E-state index contributed by atoms with van der Waals surface area (Å²) in [5.41, 5.74) is 1.74. The molecule has 2 aromatic heterocycles. The highest BCUT2D eigenvalue weighted by Crippen LogP contribution is 2.26. The summed E-state index contributed by atoms with van der Waals surface area (Å²) in [5.74, 6) is -0.890. The number of aliphatic hydroxyl groups excluding tert-OH is 1. The van der Waals surface area contributed by atoms with Gasteiger partial charge in [0.15, 0.2) is 11.6 Å². The van der Waals surface area contributed by atoms with Gasteiger partial charge in [-0.3, -0.25) is 14.3 Å². The molecule has 0 saturated heterocycles. The highest BCUT2D eigenvalue weighted by Gasteiger charge is 2.28. The molecule has 2 heterocycles. The number of ketones is 2. The summed E-state index contributed by atoms with van der Waals surface area (Å²) >= 11 is 5.76. The Morgan fingerprint density at radius 2 is 2.00 bits per heavy atom. The van der Waals surface area contributed by atoms with Crippen molar-refractivity contribution in [3.05, 3.63) is 52.1 Å². The minimum Gasteiger partial charge on any atom is -0.506 e. The van der Waals surface area contributed by atoms with E-state index in [1.807, 2.05) is 6.07 Å². The van der Waals surface area contributed by atoms with Crippen molar-refractivity contribution in [1.29, 1.82) is 0 Å². The van der Waals surface area contributed by atoms with Crippen LogP contribution in [-0.2, 0) is 16.1 Å². The lowest BCUT2D eigenvalue weighted by Crippen LogP contribution is -2.20. The second kappa shape index (κ2) is 6.57. The molecule has 0 amide bonds. The number of allylic oxidation sites excluding steroid dienone is 1. The molecule has 1 N–H and O–H groups in total. The van der Waals surface area contributed by atoms with E-state index >= 15 is 0 Å². The fourth-order valence-corrected chi connectivity index (χ4v) is 2.84. The van der Waals surface area contributed by atoms with E-state index in [-0.39, 0.29) is 35.7 Å². The van der Waals surface area contributed by atoms with Crippen LogP contribution < -0.4 is 0 Å². The quantitative estimate of drug-likeness (QED) is 0.400. The second-order valence-corrected chi connectivity index (χ2v) is 6.13. The first kappa shape index (κ1) is 16.4. The number of nitrogens with zero attached hydrogens (tertiary/aromatic N) is 3. The topological polar surface area (TPSA) is 85.1 Å². The first-order chi connectivity index (χ1) is 11.5. The number of hydrogen-bond donors (Lipinski definition) is 1. The van der Waals surface area contributed by atoms with E-state index in [1.165, 1.54) is 0 Å².